The zero-order chi connectivity index (χ0) is 56.2. The number of halogens is 2. The van der Waals surface area contributed by atoms with Crippen molar-refractivity contribution in [2.24, 2.45) is 11.8 Å². The third-order valence-electron chi connectivity index (χ3n) is 14.7. The Bertz CT molecular complexity index is 2940. The standard InChI is InChI=1S/2C30H41.C12H7Si.2ClH.Zr/c2*1-19(2)13-21-14-22-11-12-26(20(3)4)28(27(22)15-21)23-16-24(29(5,6)7)18-25(17-23)30(8,9)10;1-3-7-11-9(5-1)10-6-2-4-8-12(10)13-11;;;/h2*11-12,14-20H,13H2,1-10H3;1-7H;2*1H;/q3*-1;;;+2/p-2. The third kappa shape index (κ3) is 15.3. The van der Waals surface area contributed by atoms with Crippen LogP contribution in [0.25, 0.3) is 54.9 Å². The van der Waals surface area contributed by atoms with Crippen LogP contribution in [0.3, 0.4) is 0 Å². The van der Waals surface area contributed by atoms with Gasteiger partial charge in [0.25, 0.3) is 0 Å². The Morgan fingerprint density at radius 2 is 0.842 bits per heavy atom. The summed E-state index contributed by atoms with van der Waals surface area (Å²) in [5, 5.41) is 8.42. The van der Waals surface area contributed by atoms with Gasteiger partial charge in [-0.2, -0.15) is 41.6 Å². The summed E-state index contributed by atoms with van der Waals surface area (Å²) in [6.07, 6.45) is 2.28. The molecule has 0 spiro atoms. The fourth-order valence-electron chi connectivity index (χ4n) is 10.5. The second-order valence-electron chi connectivity index (χ2n) is 27.1. The second-order valence-corrected chi connectivity index (χ2v) is 32.1. The van der Waals surface area contributed by atoms with Crippen molar-refractivity contribution in [3.05, 3.63) is 178 Å². The molecule has 0 nitrogen and oxygen atoms in total. The van der Waals surface area contributed by atoms with Crippen molar-refractivity contribution >= 4 is 58.5 Å². The maximum Gasteiger partial charge on any atom is 0.0920 e. The number of benzene rings is 6. The largest absolute Gasteiger partial charge is 0.184 e. The molecule has 0 saturated carbocycles. The normalized spacial score (nSPS) is 12.6. The van der Waals surface area contributed by atoms with Crippen molar-refractivity contribution in [2.45, 2.75) is 185 Å². The number of hydrogen-bond acceptors (Lipinski definition) is 0. The molecule has 0 saturated heterocycles. The molecule has 1 aliphatic heterocycles. The van der Waals surface area contributed by atoms with Crippen LogP contribution in [0.2, 0.25) is 0 Å². The van der Waals surface area contributed by atoms with E-state index in [0.29, 0.717) is 23.7 Å². The van der Waals surface area contributed by atoms with Crippen molar-refractivity contribution in [3.63, 3.8) is 0 Å². The molecule has 0 amide bonds. The smallest absolute Gasteiger partial charge is 0.0920 e. The van der Waals surface area contributed by atoms with Gasteiger partial charge in [0.2, 0.25) is 0 Å². The Labute approximate surface area is 483 Å². The molecule has 0 N–H and O–H groups in total. The van der Waals surface area contributed by atoms with Gasteiger partial charge in [0, 0.05) is 0 Å². The molecule has 76 heavy (non-hydrogen) atoms. The molecule has 2 radical (unpaired) electrons. The van der Waals surface area contributed by atoms with Crippen molar-refractivity contribution in [1.82, 2.24) is 0 Å². The van der Waals surface area contributed by atoms with Gasteiger partial charge in [0.1, 0.15) is 0 Å². The van der Waals surface area contributed by atoms with Crippen LogP contribution in [0.15, 0.2) is 127 Å². The molecule has 1 heterocycles. The topological polar surface area (TPSA) is 0 Å². The van der Waals surface area contributed by atoms with E-state index in [4.69, 9.17) is 17.0 Å². The summed E-state index contributed by atoms with van der Waals surface area (Å²) in [4.78, 5) is 0. The molecular weight excluding hydrogens is 1060 g/mol. The first-order chi connectivity index (χ1) is 35.4. The van der Waals surface area contributed by atoms with E-state index in [1.54, 1.807) is 0 Å². The second kappa shape index (κ2) is 25.1. The molecule has 0 aliphatic carbocycles. The third-order valence-corrected chi connectivity index (χ3v) is 16.1. The molecular formula is C72H89Cl2SiZr-3. The van der Waals surface area contributed by atoms with Gasteiger partial charge >= 0.3 is 37.9 Å². The molecule has 0 aromatic heterocycles. The SMILES string of the molecule is CC(C)Cc1cc2c(-c3cc(C(C)(C)C)cc(C(C)(C)C)c3)c(C(C)C)ccc2[cH-]1.CC(C)Cc1cc2c(-c3cc(C(C)(C)C)cc(C(C)(C)C)c3)c(C(C)C)ccc2[cH-]1.[Cl][Zr][Cl].[c-]1cccc2c1[Si]c1ccccc1-2. The molecule has 1 aliphatic rings. The summed E-state index contributed by atoms with van der Waals surface area (Å²) in [6, 6.07) is 51.9. The van der Waals surface area contributed by atoms with Gasteiger partial charge < -0.3 is 0 Å². The maximum absolute atomic E-state index is 4.93. The van der Waals surface area contributed by atoms with Crippen molar-refractivity contribution in [3.8, 4) is 33.4 Å². The summed E-state index contributed by atoms with van der Waals surface area (Å²) in [6.45, 7) is 46.4. The molecule has 402 valence electrons. The van der Waals surface area contributed by atoms with Gasteiger partial charge in [-0.1, -0.05) is 232 Å². The summed E-state index contributed by atoms with van der Waals surface area (Å²) < 4.78 is 0. The average Bonchev–Trinajstić information content (AvgIpc) is 4.04. The van der Waals surface area contributed by atoms with Gasteiger partial charge in [-0.3, -0.25) is 0 Å². The molecule has 0 bridgehead atoms. The van der Waals surface area contributed by atoms with Crippen LogP contribution in [-0.2, 0) is 55.3 Å². The van der Waals surface area contributed by atoms with E-state index < -0.39 is 20.8 Å². The Morgan fingerprint density at radius 3 is 1.20 bits per heavy atom. The minimum Gasteiger partial charge on any atom is -0.184 e. The first-order valence-electron chi connectivity index (χ1n) is 28.0. The van der Waals surface area contributed by atoms with Gasteiger partial charge in [0.15, 0.2) is 0 Å². The van der Waals surface area contributed by atoms with Crippen molar-refractivity contribution in [1.29, 1.82) is 0 Å². The fourth-order valence-corrected chi connectivity index (χ4v) is 11.8. The number of hydrogen-bond donors (Lipinski definition) is 0. The Kier molecular flexibility index (Phi) is 20.3. The number of fused-ring (bicyclic) bond motifs is 5. The Morgan fingerprint density at radius 1 is 0.474 bits per heavy atom. The molecule has 0 atom stereocenters. The average molecular weight is 1140 g/mol. The Balaban J connectivity index is 0.000000192. The molecule has 8 aromatic rings. The van der Waals surface area contributed by atoms with Crippen LogP contribution in [0, 0.1) is 17.9 Å². The van der Waals surface area contributed by atoms with Gasteiger partial charge in [-0.15, -0.1) is 74.6 Å². The van der Waals surface area contributed by atoms with Gasteiger partial charge in [-0.25, -0.2) is 0 Å². The first kappa shape index (κ1) is 61.4. The fraction of sp³-hybridized carbons (Fsp3) is 0.417. The zero-order valence-electron chi connectivity index (χ0n) is 50.1. The number of rotatable bonds is 8. The van der Waals surface area contributed by atoms with E-state index in [0.717, 1.165) is 22.4 Å². The van der Waals surface area contributed by atoms with Crippen LogP contribution in [0.1, 0.15) is 195 Å². The summed E-state index contributed by atoms with van der Waals surface area (Å²) in [5.41, 5.74) is 20.4. The quantitative estimate of drug-likeness (QED) is 0.105. The Hall–Kier alpha value is -3.78. The van der Waals surface area contributed by atoms with E-state index in [1.165, 1.54) is 110 Å². The monoisotopic (exact) mass is 1140 g/mol. The first-order valence-corrected chi connectivity index (χ1v) is 35.3. The minimum atomic E-state index is -0.826. The molecule has 0 unspecified atom stereocenters. The van der Waals surface area contributed by atoms with Crippen LogP contribution < -0.4 is 10.4 Å². The van der Waals surface area contributed by atoms with Crippen LogP contribution in [0.5, 0.6) is 0 Å². The van der Waals surface area contributed by atoms with E-state index in [-0.39, 0.29) is 21.7 Å². The van der Waals surface area contributed by atoms with E-state index in [2.05, 4.69) is 266 Å². The van der Waals surface area contributed by atoms with Crippen LogP contribution in [-0.4, -0.2) is 9.52 Å². The van der Waals surface area contributed by atoms with E-state index in [9.17, 15) is 0 Å². The van der Waals surface area contributed by atoms with Crippen molar-refractivity contribution < 1.29 is 20.8 Å². The molecule has 9 rings (SSSR count). The minimum absolute atomic E-state index is 0.122. The van der Waals surface area contributed by atoms with Crippen LogP contribution >= 0.6 is 17.0 Å². The maximum atomic E-state index is 4.93. The summed E-state index contributed by atoms with van der Waals surface area (Å²) >= 11 is -0.826. The summed E-state index contributed by atoms with van der Waals surface area (Å²) in [5.74, 6) is 2.33. The zero-order valence-corrected chi connectivity index (χ0v) is 55.1. The predicted molar refractivity (Wildman–Crippen MR) is 337 cm³/mol. The predicted octanol–water partition coefficient (Wildman–Crippen LogP) is 20.8. The van der Waals surface area contributed by atoms with Crippen LogP contribution in [0.4, 0.5) is 0 Å². The van der Waals surface area contributed by atoms with Gasteiger partial charge in [0.05, 0.1) is 9.52 Å². The molecule has 4 heteroatoms. The molecule has 0 fully saturated rings. The molecule has 8 aromatic carbocycles. The summed E-state index contributed by atoms with van der Waals surface area (Å²) in [7, 11) is 10.7. The van der Waals surface area contributed by atoms with Gasteiger partial charge in [-0.05, 0) is 91.6 Å². The van der Waals surface area contributed by atoms with E-state index in [1.807, 2.05) is 6.07 Å². The van der Waals surface area contributed by atoms with E-state index >= 15 is 0 Å². The van der Waals surface area contributed by atoms with Crippen molar-refractivity contribution in [2.75, 3.05) is 0 Å².